The summed E-state index contributed by atoms with van der Waals surface area (Å²) >= 11 is 0. The zero-order valence-corrected chi connectivity index (χ0v) is 12.6. The van der Waals surface area contributed by atoms with Gasteiger partial charge in [0.25, 0.3) is 0 Å². The molecule has 0 spiro atoms. The van der Waals surface area contributed by atoms with Gasteiger partial charge in [0.1, 0.15) is 0 Å². The zero-order valence-electron chi connectivity index (χ0n) is 12.6. The summed E-state index contributed by atoms with van der Waals surface area (Å²) in [6, 6.07) is 0. The molecule has 116 valence electrons. The first kappa shape index (κ1) is 14.3. The highest BCUT2D eigenvalue weighted by Crippen LogP contribution is 2.31. The summed E-state index contributed by atoms with van der Waals surface area (Å²) in [6.07, 6.45) is 5.17. The van der Waals surface area contributed by atoms with E-state index in [4.69, 9.17) is 0 Å². The van der Waals surface area contributed by atoms with E-state index in [1.807, 2.05) is 6.92 Å². The second-order valence-corrected chi connectivity index (χ2v) is 5.94. The molecule has 1 aromatic heterocycles. The lowest BCUT2D eigenvalue weighted by Crippen LogP contribution is -2.43. The SMILES string of the molecule is CCNc1nc(NCC2(O)CCC2)nc(N2CCCC2)n1. The fraction of sp³-hybridized carbons (Fsp3) is 0.786. The third-order valence-electron chi connectivity index (χ3n) is 4.21. The number of nitrogens with one attached hydrogen (secondary N) is 2. The number of aliphatic hydroxyl groups is 1. The van der Waals surface area contributed by atoms with Crippen LogP contribution in [0.1, 0.15) is 39.0 Å². The van der Waals surface area contributed by atoms with Crippen molar-refractivity contribution >= 4 is 17.8 Å². The van der Waals surface area contributed by atoms with Crippen LogP contribution in [0.2, 0.25) is 0 Å². The van der Waals surface area contributed by atoms with E-state index in [-0.39, 0.29) is 0 Å². The first-order chi connectivity index (χ1) is 10.2. The van der Waals surface area contributed by atoms with Crippen molar-refractivity contribution in [3.8, 4) is 0 Å². The molecule has 3 N–H and O–H groups in total. The van der Waals surface area contributed by atoms with Crippen molar-refractivity contribution < 1.29 is 5.11 Å². The molecule has 0 aromatic carbocycles. The molecule has 1 aromatic rings. The van der Waals surface area contributed by atoms with Gasteiger partial charge in [-0.3, -0.25) is 0 Å². The third-order valence-corrected chi connectivity index (χ3v) is 4.21. The number of hydrogen-bond acceptors (Lipinski definition) is 7. The van der Waals surface area contributed by atoms with E-state index >= 15 is 0 Å². The Morgan fingerprint density at radius 1 is 1.05 bits per heavy atom. The molecule has 2 heterocycles. The van der Waals surface area contributed by atoms with Gasteiger partial charge in [0, 0.05) is 26.2 Å². The standard InChI is InChI=1S/C14H24N6O/c1-2-15-11-17-12(16-10-14(21)6-5-7-14)19-13(18-11)20-8-3-4-9-20/h21H,2-10H2,1H3,(H2,15,16,17,18,19). The highest BCUT2D eigenvalue weighted by Gasteiger charge is 2.34. The molecule has 2 aliphatic rings. The molecule has 2 fully saturated rings. The minimum Gasteiger partial charge on any atom is -0.388 e. The Morgan fingerprint density at radius 3 is 2.29 bits per heavy atom. The molecule has 1 aliphatic heterocycles. The van der Waals surface area contributed by atoms with Crippen LogP contribution in [0, 0.1) is 0 Å². The molecular formula is C14H24N6O. The van der Waals surface area contributed by atoms with Gasteiger partial charge in [-0.1, -0.05) is 0 Å². The van der Waals surface area contributed by atoms with Crippen LogP contribution in [0.5, 0.6) is 0 Å². The lowest BCUT2D eigenvalue weighted by Gasteiger charge is -2.36. The van der Waals surface area contributed by atoms with Gasteiger partial charge in [-0.25, -0.2) is 0 Å². The Morgan fingerprint density at radius 2 is 1.71 bits per heavy atom. The highest BCUT2D eigenvalue weighted by atomic mass is 16.3. The van der Waals surface area contributed by atoms with Crippen LogP contribution in [0.3, 0.4) is 0 Å². The van der Waals surface area contributed by atoms with E-state index < -0.39 is 5.60 Å². The van der Waals surface area contributed by atoms with Crippen molar-refractivity contribution in [1.82, 2.24) is 15.0 Å². The van der Waals surface area contributed by atoms with Crippen LogP contribution in [0.25, 0.3) is 0 Å². The quantitative estimate of drug-likeness (QED) is 0.727. The van der Waals surface area contributed by atoms with E-state index in [0.29, 0.717) is 18.4 Å². The normalized spacial score (nSPS) is 20.2. The number of hydrogen-bond donors (Lipinski definition) is 3. The van der Waals surface area contributed by atoms with E-state index in [1.54, 1.807) is 0 Å². The van der Waals surface area contributed by atoms with Crippen LogP contribution < -0.4 is 15.5 Å². The second kappa shape index (κ2) is 6.01. The Balaban J connectivity index is 1.74. The molecule has 7 heteroatoms. The first-order valence-corrected chi connectivity index (χ1v) is 7.90. The van der Waals surface area contributed by atoms with Gasteiger partial charge in [-0.2, -0.15) is 15.0 Å². The van der Waals surface area contributed by atoms with Crippen molar-refractivity contribution in [3.63, 3.8) is 0 Å². The van der Waals surface area contributed by atoms with E-state index in [2.05, 4.69) is 30.5 Å². The number of aromatic nitrogens is 3. The van der Waals surface area contributed by atoms with Crippen molar-refractivity contribution in [2.24, 2.45) is 0 Å². The topological polar surface area (TPSA) is 86.2 Å². The zero-order chi connectivity index (χ0) is 14.7. The molecule has 0 radical (unpaired) electrons. The molecule has 1 saturated heterocycles. The van der Waals surface area contributed by atoms with Crippen LogP contribution in [-0.4, -0.2) is 51.8 Å². The van der Waals surface area contributed by atoms with Gasteiger partial charge in [0.05, 0.1) is 5.60 Å². The van der Waals surface area contributed by atoms with E-state index in [1.165, 1.54) is 12.8 Å². The summed E-state index contributed by atoms with van der Waals surface area (Å²) in [5.74, 6) is 1.86. The van der Waals surface area contributed by atoms with Gasteiger partial charge >= 0.3 is 0 Å². The molecule has 1 saturated carbocycles. The average molecular weight is 292 g/mol. The van der Waals surface area contributed by atoms with Gasteiger partial charge in [0.15, 0.2) is 0 Å². The van der Waals surface area contributed by atoms with E-state index in [9.17, 15) is 5.11 Å². The van der Waals surface area contributed by atoms with Crippen molar-refractivity contribution in [1.29, 1.82) is 0 Å². The molecule has 21 heavy (non-hydrogen) atoms. The highest BCUT2D eigenvalue weighted by molar-refractivity contribution is 5.44. The fourth-order valence-corrected chi connectivity index (χ4v) is 2.74. The van der Waals surface area contributed by atoms with Crippen molar-refractivity contribution in [2.45, 2.75) is 44.6 Å². The molecule has 0 unspecified atom stereocenters. The summed E-state index contributed by atoms with van der Waals surface area (Å²) in [5.41, 5.74) is -0.585. The molecule has 1 aliphatic carbocycles. The Hall–Kier alpha value is -1.63. The average Bonchev–Trinajstić information content (AvgIpc) is 2.97. The van der Waals surface area contributed by atoms with Crippen LogP contribution >= 0.6 is 0 Å². The van der Waals surface area contributed by atoms with Gasteiger partial charge < -0.3 is 20.6 Å². The van der Waals surface area contributed by atoms with Crippen LogP contribution in [0.4, 0.5) is 17.8 Å². The minimum absolute atomic E-state index is 0.502. The maximum absolute atomic E-state index is 10.2. The monoisotopic (exact) mass is 292 g/mol. The molecular weight excluding hydrogens is 268 g/mol. The number of anilines is 3. The summed E-state index contributed by atoms with van der Waals surface area (Å²) in [4.78, 5) is 15.5. The molecule has 3 rings (SSSR count). The van der Waals surface area contributed by atoms with Gasteiger partial charge in [-0.15, -0.1) is 0 Å². The third kappa shape index (κ3) is 3.34. The van der Waals surface area contributed by atoms with Gasteiger partial charge in [0.2, 0.25) is 17.8 Å². The maximum atomic E-state index is 10.2. The van der Waals surface area contributed by atoms with Crippen LogP contribution in [-0.2, 0) is 0 Å². The Labute approximate surface area is 125 Å². The summed E-state index contributed by atoms with van der Waals surface area (Å²) in [5, 5.41) is 16.5. The Bertz CT molecular complexity index is 484. The molecule has 0 bridgehead atoms. The van der Waals surface area contributed by atoms with Crippen molar-refractivity contribution in [2.75, 3.05) is 41.7 Å². The predicted octanol–water partition coefficient (Wildman–Crippen LogP) is 1.23. The maximum Gasteiger partial charge on any atom is 0.231 e. The second-order valence-electron chi connectivity index (χ2n) is 5.94. The lowest BCUT2D eigenvalue weighted by atomic mass is 9.80. The fourth-order valence-electron chi connectivity index (χ4n) is 2.74. The van der Waals surface area contributed by atoms with Gasteiger partial charge in [-0.05, 0) is 39.0 Å². The summed E-state index contributed by atoms with van der Waals surface area (Å²) in [7, 11) is 0. The first-order valence-electron chi connectivity index (χ1n) is 7.90. The predicted molar refractivity (Wildman–Crippen MR) is 82.7 cm³/mol. The van der Waals surface area contributed by atoms with E-state index in [0.717, 1.165) is 44.8 Å². The summed E-state index contributed by atoms with van der Waals surface area (Å²) in [6.45, 7) is 5.29. The number of nitrogens with zero attached hydrogens (tertiary/aromatic N) is 4. The molecule has 0 amide bonds. The largest absolute Gasteiger partial charge is 0.388 e. The van der Waals surface area contributed by atoms with Crippen LogP contribution in [0.15, 0.2) is 0 Å². The molecule has 0 atom stereocenters. The Kier molecular flexibility index (Phi) is 4.10. The summed E-state index contributed by atoms with van der Waals surface area (Å²) < 4.78 is 0. The lowest BCUT2D eigenvalue weighted by molar-refractivity contribution is -0.0203. The minimum atomic E-state index is -0.585. The molecule has 7 nitrogen and oxygen atoms in total. The van der Waals surface area contributed by atoms with Crippen molar-refractivity contribution in [3.05, 3.63) is 0 Å². The number of rotatable bonds is 6. The smallest absolute Gasteiger partial charge is 0.231 e.